The molecule has 2 aromatic rings. The molecule has 0 bridgehead atoms. The van der Waals surface area contributed by atoms with E-state index in [1.54, 1.807) is 30.7 Å². The van der Waals surface area contributed by atoms with Gasteiger partial charge in [-0.2, -0.15) is 0 Å². The number of hydrogen-bond donors (Lipinski definition) is 1. The second kappa shape index (κ2) is 4.24. The number of rotatable bonds is 2. The Balaban J connectivity index is 2.61. The molecule has 0 spiro atoms. The van der Waals surface area contributed by atoms with Gasteiger partial charge in [-0.15, -0.1) is 0 Å². The molecular weight excluding hydrogens is 255 g/mol. The van der Waals surface area contributed by atoms with E-state index in [9.17, 15) is 19.1 Å². The quantitative estimate of drug-likeness (QED) is 0.776. The lowest BCUT2D eigenvalue weighted by atomic mass is 10.1. The van der Waals surface area contributed by atoms with Crippen LogP contribution in [0.25, 0.3) is 10.9 Å². The first-order valence-corrected chi connectivity index (χ1v) is 6.74. The Morgan fingerprint density at radius 3 is 2.56 bits per heavy atom. The van der Waals surface area contributed by atoms with Crippen molar-refractivity contribution in [1.82, 2.24) is 9.65 Å². The predicted octanol–water partition coefficient (Wildman–Crippen LogP) is 0.0452. The fraction of sp³-hybridized carbons (Fsp3) is 0.182. The zero-order chi connectivity index (χ0) is 13.5. The first-order chi connectivity index (χ1) is 8.31. The number of nitrogens with one attached hydrogen (secondary N) is 1. The third-order valence-corrected chi connectivity index (χ3v) is 3.34. The van der Waals surface area contributed by atoms with Gasteiger partial charge in [-0.3, -0.25) is 4.79 Å². The van der Waals surface area contributed by atoms with Gasteiger partial charge >= 0.3 is 0 Å². The van der Waals surface area contributed by atoms with Crippen molar-refractivity contribution < 1.29 is 19.1 Å². The van der Waals surface area contributed by atoms with Gasteiger partial charge in [0.2, 0.25) is 0 Å². The van der Waals surface area contributed by atoms with E-state index >= 15 is 0 Å². The summed E-state index contributed by atoms with van der Waals surface area (Å²) in [7, 11) is -3.32. The average molecular weight is 266 g/mol. The minimum Gasteiger partial charge on any atom is -0.795 e. The molecule has 0 aliphatic rings. The second-order valence-corrected chi connectivity index (χ2v) is 5.19. The van der Waals surface area contributed by atoms with Crippen molar-refractivity contribution in [2.24, 2.45) is 7.05 Å². The summed E-state index contributed by atoms with van der Waals surface area (Å²) in [5, 5.41) is 2.09. The monoisotopic (exact) mass is 266 g/mol. The molecule has 0 saturated carbocycles. The Hall–Kier alpha value is -1.62. The predicted molar refractivity (Wildman–Crippen MR) is 62.7 cm³/mol. The molecule has 2 rings (SSSR count). The maximum absolute atomic E-state index is 11.8. The summed E-state index contributed by atoms with van der Waals surface area (Å²) in [5.41, 5.74) is 1.61. The van der Waals surface area contributed by atoms with Crippen molar-refractivity contribution in [3.63, 3.8) is 0 Å². The number of aromatic nitrogens is 1. The van der Waals surface area contributed by atoms with E-state index in [4.69, 9.17) is 0 Å². The third-order valence-electron chi connectivity index (χ3n) is 2.87. The normalized spacial score (nSPS) is 11.8. The van der Waals surface area contributed by atoms with Gasteiger partial charge in [-0.1, -0.05) is 18.2 Å². The van der Waals surface area contributed by atoms with E-state index in [0.717, 1.165) is 5.52 Å². The van der Waals surface area contributed by atoms with E-state index in [0.29, 0.717) is 11.1 Å². The fourth-order valence-corrected chi connectivity index (χ4v) is 2.35. The molecule has 0 fully saturated rings. The molecule has 1 aromatic heterocycles. The molecule has 7 heteroatoms. The van der Waals surface area contributed by atoms with Crippen molar-refractivity contribution in [2.45, 2.75) is 6.92 Å². The van der Waals surface area contributed by atoms with Crippen molar-refractivity contribution in [2.75, 3.05) is 0 Å². The van der Waals surface area contributed by atoms with Crippen LogP contribution in [0.15, 0.2) is 24.3 Å². The van der Waals surface area contributed by atoms with Gasteiger partial charge in [-0.25, -0.2) is 0 Å². The molecule has 0 unspecified atom stereocenters. The Morgan fingerprint density at radius 1 is 1.33 bits per heavy atom. The van der Waals surface area contributed by atoms with Crippen LogP contribution in [0.3, 0.4) is 0 Å². The summed E-state index contributed by atoms with van der Waals surface area (Å²) < 4.78 is 12.4. The fourth-order valence-electron chi connectivity index (χ4n) is 1.99. The van der Waals surface area contributed by atoms with E-state index in [1.165, 1.54) is 5.09 Å². The number of hydrogen-bond acceptors (Lipinski definition) is 4. The summed E-state index contributed by atoms with van der Waals surface area (Å²) in [6.45, 7) is 1.69. The number of benzene rings is 1. The zero-order valence-corrected chi connectivity index (χ0v) is 10.7. The number of amides is 1. The van der Waals surface area contributed by atoms with Crippen LogP contribution in [0.2, 0.25) is 0 Å². The Labute approximate surface area is 103 Å². The van der Waals surface area contributed by atoms with Crippen LogP contribution in [0.4, 0.5) is 0 Å². The van der Waals surface area contributed by atoms with Crippen LogP contribution in [0.1, 0.15) is 16.1 Å². The molecule has 1 heterocycles. The number of carbonyl (C=O) groups is 1. The second-order valence-electron chi connectivity index (χ2n) is 3.97. The molecule has 0 atom stereocenters. The highest BCUT2D eigenvalue weighted by molar-refractivity contribution is 7.47. The maximum atomic E-state index is 11.8. The molecule has 0 aliphatic carbocycles. The summed E-state index contributed by atoms with van der Waals surface area (Å²) in [6.07, 6.45) is 0. The molecule has 96 valence electrons. The summed E-state index contributed by atoms with van der Waals surface area (Å²) in [4.78, 5) is 33.0. The van der Waals surface area contributed by atoms with Crippen molar-refractivity contribution in [1.29, 1.82) is 0 Å². The highest BCUT2D eigenvalue weighted by atomic mass is 31.2. The maximum Gasteiger partial charge on any atom is 0.257 e. The van der Waals surface area contributed by atoms with E-state index in [2.05, 4.69) is 0 Å². The van der Waals surface area contributed by atoms with E-state index < -0.39 is 13.7 Å². The van der Waals surface area contributed by atoms with Crippen LogP contribution in [0, 0.1) is 6.92 Å². The zero-order valence-electron chi connectivity index (χ0n) is 9.84. The standard InChI is InChI=1S/C11H13N2O4P/c1-7-10(11(14)12-18(15,16)17)8-5-3-4-6-9(8)13(7)2/h3-6H,1-2H3,(H3,12,14,15,16,17)/p-2. The number of carbonyl (C=O) groups excluding carboxylic acids is 1. The lowest BCUT2D eigenvalue weighted by Gasteiger charge is -2.29. The average Bonchev–Trinajstić information content (AvgIpc) is 2.50. The molecule has 1 aromatic carbocycles. The summed E-state index contributed by atoms with van der Waals surface area (Å²) >= 11 is 0. The van der Waals surface area contributed by atoms with Gasteiger partial charge in [0, 0.05) is 31.4 Å². The Morgan fingerprint density at radius 2 is 1.94 bits per heavy atom. The van der Waals surface area contributed by atoms with Gasteiger partial charge in [0.1, 0.15) is 0 Å². The van der Waals surface area contributed by atoms with Gasteiger partial charge in [-0.05, 0) is 13.0 Å². The minimum atomic E-state index is -5.08. The van der Waals surface area contributed by atoms with Crippen LogP contribution in [0.5, 0.6) is 0 Å². The van der Waals surface area contributed by atoms with Crippen LogP contribution in [-0.4, -0.2) is 10.5 Å². The minimum absolute atomic E-state index is 0.208. The van der Waals surface area contributed by atoms with Crippen molar-refractivity contribution in [3.8, 4) is 0 Å². The Bertz CT molecular complexity index is 671. The number of para-hydroxylation sites is 1. The molecule has 1 N–H and O–H groups in total. The van der Waals surface area contributed by atoms with E-state index in [-0.39, 0.29) is 5.56 Å². The molecule has 0 aliphatic heterocycles. The SMILES string of the molecule is Cc1c(C(=O)NP(=O)([O-])[O-])c2ccccc2n1C. The summed E-state index contributed by atoms with van der Waals surface area (Å²) in [6, 6.07) is 7.08. The molecular formula is C11H11N2O4P-2. The lowest BCUT2D eigenvalue weighted by Crippen LogP contribution is -2.32. The first-order valence-electron chi connectivity index (χ1n) is 5.20. The van der Waals surface area contributed by atoms with Gasteiger partial charge in [0.05, 0.1) is 5.56 Å². The van der Waals surface area contributed by atoms with Crippen LogP contribution < -0.4 is 14.9 Å². The van der Waals surface area contributed by atoms with Crippen molar-refractivity contribution >= 4 is 24.6 Å². The molecule has 18 heavy (non-hydrogen) atoms. The lowest BCUT2D eigenvalue weighted by molar-refractivity contribution is -0.316. The molecule has 0 radical (unpaired) electrons. The first kappa shape index (κ1) is 12.8. The molecule has 0 saturated heterocycles. The van der Waals surface area contributed by atoms with Crippen LogP contribution in [-0.2, 0) is 11.6 Å². The Kier molecular flexibility index (Phi) is 3.02. The highest BCUT2D eigenvalue weighted by Crippen LogP contribution is 2.26. The summed E-state index contributed by atoms with van der Waals surface area (Å²) in [5.74, 6) is -0.891. The van der Waals surface area contributed by atoms with E-state index in [1.807, 2.05) is 12.1 Å². The number of aryl methyl sites for hydroxylation is 1. The van der Waals surface area contributed by atoms with Gasteiger partial charge in [0.15, 0.2) is 0 Å². The molecule has 1 amide bonds. The topological polar surface area (TPSA) is 97.2 Å². The smallest absolute Gasteiger partial charge is 0.257 e. The van der Waals surface area contributed by atoms with Crippen molar-refractivity contribution in [3.05, 3.63) is 35.5 Å². The van der Waals surface area contributed by atoms with Gasteiger partial charge in [0.25, 0.3) is 5.91 Å². The molecule has 6 nitrogen and oxygen atoms in total. The number of nitrogens with zero attached hydrogens (tertiary/aromatic N) is 1. The highest BCUT2D eigenvalue weighted by Gasteiger charge is 2.18. The largest absolute Gasteiger partial charge is 0.795 e. The third kappa shape index (κ3) is 2.18. The number of fused-ring (bicyclic) bond motifs is 1. The van der Waals surface area contributed by atoms with Gasteiger partial charge < -0.3 is 24.0 Å². The van der Waals surface area contributed by atoms with Crippen LogP contribution >= 0.6 is 7.75 Å².